The molecule has 1 aliphatic heterocycles. The van der Waals surface area contributed by atoms with Crippen LogP contribution in [0.1, 0.15) is 32.1 Å². The predicted molar refractivity (Wildman–Crippen MR) is 60.1 cm³/mol. The predicted octanol–water partition coefficient (Wildman–Crippen LogP) is 1.77. The lowest BCUT2D eigenvalue weighted by Gasteiger charge is -2.32. The summed E-state index contributed by atoms with van der Waals surface area (Å²) >= 11 is 0. The van der Waals surface area contributed by atoms with Crippen LogP contribution >= 0.6 is 0 Å². The molecule has 0 spiro atoms. The van der Waals surface area contributed by atoms with Crippen molar-refractivity contribution < 1.29 is 0 Å². The number of rotatable bonds is 2. The molecule has 1 atom stereocenters. The van der Waals surface area contributed by atoms with Gasteiger partial charge in [-0.15, -0.1) is 0 Å². The zero-order valence-electron chi connectivity index (χ0n) is 8.99. The number of hydrogen-bond donors (Lipinski definition) is 1. The first-order valence-corrected chi connectivity index (χ1v) is 5.99. The summed E-state index contributed by atoms with van der Waals surface area (Å²) in [6, 6.07) is 0.466. The summed E-state index contributed by atoms with van der Waals surface area (Å²) in [7, 11) is 0. The number of piperidine rings is 1. The Kier molecular flexibility index (Phi) is 3.60. The fraction of sp³-hybridized carbons (Fsp3) is 0.833. The van der Waals surface area contributed by atoms with Crippen molar-refractivity contribution in [3.8, 4) is 0 Å². The van der Waals surface area contributed by atoms with E-state index in [0.29, 0.717) is 6.04 Å². The molecule has 0 aromatic carbocycles. The molecular formula is C12H22N2. The van der Waals surface area contributed by atoms with Gasteiger partial charge in [-0.3, -0.25) is 0 Å². The minimum Gasteiger partial charge on any atom is -0.328 e. The maximum Gasteiger partial charge on any atom is 0.00631 e. The zero-order chi connectivity index (χ0) is 9.80. The quantitative estimate of drug-likeness (QED) is 0.679. The first-order chi connectivity index (χ1) is 6.84. The van der Waals surface area contributed by atoms with Gasteiger partial charge in [-0.2, -0.15) is 0 Å². The van der Waals surface area contributed by atoms with Crippen molar-refractivity contribution >= 4 is 0 Å². The molecule has 1 aliphatic carbocycles. The first-order valence-electron chi connectivity index (χ1n) is 5.99. The summed E-state index contributed by atoms with van der Waals surface area (Å²) in [6.45, 7) is 3.69. The highest BCUT2D eigenvalue weighted by Crippen LogP contribution is 2.19. The van der Waals surface area contributed by atoms with E-state index in [0.717, 1.165) is 5.92 Å². The first kappa shape index (κ1) is 10.2. The van der Waals surface area contributed by atoms with Crippen LogP contribution in [0.3, 0.4) is 0 Å². The summed E-state index contributed by atoms with van der Waals surface area (Å²) in [5.41, 5.74) is 5.89. The van der Waals surface area contributed by atoms with Crippen LogP contribution in [0.2, 0.25) is 0 Å². The molecule has 14 heavy (non-hydrogen) atoms. The van der Waals surface area contributed by atoms with Gasteiger partial charge in [0, 0.05) is 12.6 Å². The van der Waals surface area contributed by atoms with Crippen LogP contribution in [0.15, 0.2) is 12.2 Å². The molecule has 2 rings (SSSR count). The normalized spacial score (nSPS) is 30.8. The van der Waals surface area contributed by atoms with Crippen molar-refractivity contribution in [3.63, 3.8) is 0 Å². The Morgan fingerprint density at radius 1 is 1.21 bits per heavy atom. The van der Waals surface area contributed by atoms with E-state index in [1.807, 2.05) is 0 Å². The van der Waals surface area contributed by atoms with E-state index in [2.05, 4.69) is 17.1 Å². The van der Waals surface area contributed by atoms with Crippen molar-refractivity contribution in [3.05, 3.63) is 12.2 Å². The molecule has 2 nitrogen and oxygen atoms in total. The third-order valence-electron chi connectivity index (χ3n) is 3.48. The van der Waals surface area contributed by atoms with Crippen LogP contribution in [0.25, 0.3) is 0 Å². The van der Waals surface area contributed by atoms with Crippen molar-refractivity contribution in [1.82, 2.24) is 4.90 Å². The average molecular weight is 194 g/mol. The van der Waals surface area contributed by atoms with Crippen molar-refractivity contribution in [1.29, 1.82) is 0 Å². The Labute approximate surface area is 87.2 Å². The van der Waals surface area contributed by atoms with Gasteiger partial charge < -0.3 is 10.6 Å². The van der Waals surface area contributed by atoms with Crippen LogP contribution in [0, 0.1) is 5.92 Å². The Morgan fingerprint density at radius 3 is 2.64 bits per heavy atom. The van der Waals surface area contributed by atoms with E-state index >= 15 is 0 Å². The number of allylic oxidation sites excluding steroid dienone is 1. The Hall–Kier alpha value is -0.340. The van der Waals surface area contributed by atoms with E-state index in [1.54, 1.807) is 0 Å². The summed E-state index contributed by atoms with van der Waals surface area (Å²) < 4.78 is 0. The largest absolute Gasteiger partial charge is 0.328 e. The van der Waals surface area contributed by atoms with Gasteiger partial charge >= 0.3 is 0 Å². The van der Waals surface area contributed by atoms with Crippen LogP contribution < -0.4 is 5.73 Å². The van der Waals surface area contributed by atoms with E-state index in [-0.39, 0.29) is 0 Å². The van der Waals surface area contributed by atoms with Gasteiger partial charge in [0.05, 0.1) is 0 Å². The zero-order valence-corrected chi connectivity index (χ0v) is 8.99. The Balaban J connectivity index is 1.74. The Bertz CT molecular complexity index is 192. The molecule has 0 amide bonds. The van der Waals surface area contributed by atoms with Crippen LogP contribution in [-0.2, 0) is 0 Å². The van der Waals surface area contributed by atoms with Crippen molar-refractivity contribution in [2.75, 3.05) is 19.6 Å². The summed E-state index contributed by atoms with van der Waals surface area (Å²) in [6.07, 6.45) is 11.2. The highest BCUT2D eigenvalue weighted by Gasteiger charge is 2.18. The van der Waals surface area contributed by atoms with Gasteiger partial charge in [-0.05, 0) is 51.1 Å². The van der Waals surface area contributed by atoms with Crippen LogP contribution in [0.5, 0.6) is 0 Å². The van der Waals surface area contributed by atoms with Crippen molar-refractivity contribution in [2.45, 2.75) is 38.1 Å². The highest BCUT2D eigenvalue weighted by atomic mass is 15.1. The van der Waals surface area contributed by atoms with Gasteiger partial charge in [0.25, 0.3) is 0 Å². The minimum atomic E-state index is 0.466. The van der Waals surface area contributed by atoms with E-state index in [4.69, 9.17) is 5.73 Å². The molecule has 2 N–H and O–H groups in total. The standard InChI is InChI=1S/C12H22N2/c13-12-6-8-14(9-7-12)10-11-4-2-1-3-5-11/h2,4,11-12H,1,3,5-10,13H2/t11-/m1/s1. The molecule has 0 saturated carbocycles. The molecule has 1 heterocycles. The van der Waals surface area contributed by atoms with E-state index in [1.165, 1.54) is 51.7 Å². The topological polar surface area (TPSA) is 29.3 Å². The number of likely N-dealkylation sites (tertiary alicyclic amines) is 1. The molecule has 1 saturated heterocycles. The van der Waals surface area contributed by atoms with Crippen LogP contribution in [0.4, 0.5) is 0 Å². The second-order valence-corrected chi connectivity index (χ2v) is 4.76. The molecule has 0 radical (unpaired) electrons. The van der Waals surface area contributed by atoms with Gasteiger partial charge in [0.15, 0.2) is 0 Å². The summed E-state index contributed by atoms with van der Waals surface area (Å²) in [4.78, 5) is 2.59. The molecule has 0 unspecified atom stereocenters. The molecule has 0 aromatic heterocycles. The number of nitrogens with two attached hydrogens (primary N) is 1. The molecule has 0 bridgehead atoms. The number of nitrogens with zero attached hydrogens (tertiary/aromatic N) is 1. The SMILES string of the molecule is NC1CCN(C[C@@H]2C=CCCC2)CC1. The summed E-state index contributed by atoms with van der Waals surface area (Å²) in [5.74, 6) is 0.818. The fourth-order valence-electron chi connectivity index (χ4n) is 2.50. The van der Waals surface area contributed by atoms with Gasteiger partial charge in [0.2, 0.25) is 0 Å². The lowest BCUT2D eigenvalue weighted by Crippen LogP contribution is -2.41. The molecule has 80 valence electrons. The molecule has 2 aliphatic rings. The Morgan fingerprint density at radius 2 is 2.00 bits per heavy atom. The third kappa shape index (κ3) is 2.82. The number of hydrogen-bond acceptors (Lipinski definition) is 2. The fourth-order valence-corrected chi connectivity index (χ4v) is 2.50. The average Bonchev–Trinajstić information content (AvgIpc) is 2.23. The second-order valence-electron chi connectivity index (χ2n) is 4.76. The lowest BCUT2D eigenvalue weighted by molar-refractivity contribution is 0.190. The van der Waals surface area contributed by atoms with Gasteiger partial charge in [0.1, 0.15) is 0 Å². The molecular weight excluding hydrogens is 172 g/mol. The maximum absolute atomic E-state index is 5.89. The van der Waals surface area contributed by atoms with Gasteiger partial charge in [-0.25, -0.2) is 0 Å². The molecule has 1 fully saturated rings. The van der Waals surface area contributed by atoms with Crippen LogP contribution in [-0.4, -0.2) is 30.6 Å². The maximum atomic E-state index is 5.89. The lowest BCUT2D eigenvalue weighted by atomic mass is 9.94. The second kappa shape index (κ2) is 4.94. The van der Waals surface area contributed by atoms with Gasteiger partial charge in [-0.1, -0.05) is 12.2 Å². The molecule has 0 aromatic rings. The van der Waals surface area contributed by atoms with E-state index in [9.17, 15) is 0 Å². The third-order valence-corrected chi connectivity index (χ3v) is 3.48. The molecule has 2 heteroatoms. The van der Waals surface area contributed by atoms with Crippen molar-refractivity contribution in [2.24, 2.45) is 11.7 Å². The van der Waals surface area contributed by atoms with E-state index < -0.39 is 0 Å². The highest BCUT2D eigenvalue weighted by molar-refractivity contribution is 4.94. The monoisotopic (exact) mass is 194 g/mol. The summed E-state index contributed by atoms with van der Waals surface area (Å²) in [5, 5.41) is 0. The smallest absolute Gasteiger partial charge is 0.00631 e. The minimum absolute atomic E-state index is 0.466.